The number of ether oxygens (including phenoxy) is 1. The van der Waals surface area contributed by atoms with Crippen molar-refractivity contribution in [2.75, 3.05) is 44.6 Å². The Kier molecular flexibility index (Phi) is 8.92. The summed E-state index contributed by atoms with van der Waals surface area (Å²) in [6, 6.07) is 7.67. The molecule has 0 radical (unpaired) electrons. The molecule has 1 heterocycles. The number of nitrogens with zero attached hydrogens (tertiary/aromatic N) is 1. The molecular weight excluding hydrogens is 326 g/mol. The maximum atomic E-state index is 12.3. The molecule has 2 N–H and O–H groups in total. The molecule has 0 bridgehead atoms. The van der Waals surface area contributed by atoms with Crippen LogP contribution in [0.1, 0.15) is 40.0 Å². The highest BCUT2D eigenvalue weighted by Gasteiger charge is 2.22. The van der Waals surface area contributed by atoms with Crippen LogP contribution in [0, 0.1) is 11.8 Å². The summed E-state index contributed by atoms with van der Waals surface area (Å²) >= 11 is 0. The van der Waals surface area contributed by atoms with E-state index in [0.717, 1.165) is 44.2 Å². The van der Waals surface area contributed by atoms with Crippen LogP contribution in [0.15, 0.2) is 24.3 Å². The number of carbonyl (C=O) groups excluding carboxylic acids is 1. The minimum Gasteiger partial charge on any atom is -0.492 e. The first-order valence-corrected chi connectivity index (χ1v) is 10.1. The van der Waals surface area contributed by atoms with E-state index < -0.39 is 0 Å². The Labute approximate surface area is 158 Å². The number of carbonyl (C=O) groups is 1. The monoisotopic (exact) mass is 361 g/mol. The fourth-order valence-electron chi connectivity index (χ4n) is 3.50. The number of benzene rings is 1. The first-order chi connectivity index (χ1) is 12.6. The third-order valence-corrected chi connectivity index (χ3v) is 5.36. The summed E-state index contributed by atoms with van der Waals surface area (Å²) < 4.78 is 5.78. The molecule has 5 heteroatoms. The summed E-state index contributed by atoms with van der Waals surface area (Å²) in [6.45, 7) is 12.3. The van der Waals surface area contributed by atoms with Crippen LogP contribution in [0.5, 0.6) is 5.75 Å². The van der Waals surface area contributed by atoms with Crippen LogP contribution in [-0.2, 0) is 4.79 Å². The van der Waals surface area contributed by atoms with Gasteiger partial charge in [0, 0.05) is 18.7 Å². The van der Waals surface area contributed by atoms with Gasteiger partial charge in [0.1, 0.15) is 12.4 Å². The Morgan fingerprint density at radius 1 is 1.31 bits per heavy atom. The Balaban J connectivity index is 1.72. The standard InChI is InChI=1S/C21H35N3O2/c1-4-24(5-2)13-14-26-20-10-8-19(9-11-20)23-21(25)15-17(3)18-7-6-12-22-16-18/h8-11,17-18,22H,4-7,12-16H2,1-3H3,(H,23,25). The van der Waals surface area contributed by atoms with Gasteiger partial charge in [0.25, 0.3) is 0 Å². The van der Waals surface area contributed by atoms with E-state index >= 15 is 0 Å². The smallest absolute Gasteiger partial charge is 0.224 e. The summed E-state index contributed by atoms with van der Waals surface area (Å²) in [5.41, 5.74) is 0.833. The van der Waals surface area contributed by atoms with Crippen LogP contribution in [0.2, 0.25) is 0 Å². The van der Waals surface area contributed by atoms with Gasteiger partial charge in [0.2, 0.25) is 5.91 Å². The van der Waals surface area contributed by atoms with E-state index in [-0.39, 0.29) is 5.91 Å². The van der Waals surface area contributed by atoms with Gasteiger partial charge >= 0.3 is 0 Å². The van der Waals surface area contributed by atoms with Gasteiger partial charge in [-0.3, -0.25) is 4.79 Å². The molecule has 146 valence electrons. The lowest BCUT2D eigenvalue weighted by Gasteiger charge is -2.28. The van der Waals surface area contributed by atoms with Crippen LogP contribution in [0.4, 0.5) is 5.69 Å². The molecule has 2 rings (SSSR count). The van der Waals surface area contributed by atoms with Crippen molar-refractivity contribution >= 4 is 11.6 Å². The maximum absolute atomic E-state index is 12.3. The summed E-state index contributed by atoms with van der Waals surface area (Å²) in [7, 11) is 0. The molecule has 0 saturated carbocycles. The average Bonchev–Trinajstić information content (AvgIpc) is 2.67. The van der Waals surface area contributed by atoms with Crippen molar-refractivity contribution < 1.29 is 9.53 Å². The van der Waals surface area contributed by atoms with E-state index in [1.54, 1.807) is 0 Å². The highest BCUT2D eigenvalue weighted by atomic mass is 16.5. The zero-order valence-electron chi connectivity index (χ0n) is 16.6. The van der Waals surface area contributed by atoms with Crippen molar-refractivity contribution in [3.8, 4) is 5.75 Å². The van der Waals surface area contributed by atoms with E-state index in [9.17, 15) is 4.79 Å². The number of hydrogen-bond donors (Lipinski definition) is 2. The van der Waals surface area contributed by atoms with Crippen molar-refractivity contribution in [2.24, 2.45) is 11.8 Å². The number of likely N-dealkylation sites (N-methyl/N-ethyl adjacent to an activating group) is 1. The van der Waals surface area contributed by atoms with Crippen molar-refractivity contribution in [2.45, 2.75) is 40.0 Å². The molecular formula is C21H35N3O2. The minimum absolute atomic E-state index is 0.0956. The SMILES string of the molecule is CCN(CC)CCOc1ccc(NC(=O)CC(C)C2CCCNC2)cc1. The third kappa shape index (κ3) is 6.96. The van der Waals surface area contributed by atoms with Gasteiger partial charge in [0.05, 0.1) is 0 Å². The predicted molar refractivity (Wildman–Crippen MR) is 108 cm³/mol. The van der Waals surface area contributed by atoms with E-state index in [2.05, 4.69) is 36.3 Å². The highest BCUT2D eigenvalue weighted by molar-refractivity contribution is 5.90. The van der Waals surface area contributed by atoms with Crippen LogP contribution in [-0.4, -0.2) is 50.1 Å². The van der Waals surface area contributed by atoms with Gasteiger partial charge in [-0.1, -0.05) is 20.8 Å². The number of anilines is 1. The molecule has 5 nitrogen and oxygen atoms in total. The Morgan fingerprint density at radius 3 is 2.65 bits per heavy atom. The molecule has 26 heavy (non-hydrogen) atoms. The van der Waals surface area contributed by atoms with Crippen molar-refractivity contribution in [3.05, 3.63) is 24.3 Å². The molecule has 2 atom stereocenters. The van der Waals surface area contributed by atoms with E-state index in [4.69, 9.17) is 4.74 Å². The highest BCUT2D eigenvalue weighted by Crippen LogP contribution is 2.23. The van der Waals surface area contributed by atoms with Gasteiger partial charge in [-0.05, 0) is 75.1 Å². The molecule has 0 aliphatic carbocycles. The lowest BCUT2D eigenvalue weighted by Crippen LogP contribution is -2.34. The second kappa shape index (κ2) is 11.2. The third-order valence-electron chi connectivity index (χ3n) is 5.36. The van der Waals surface area contributed by atoms with Crippen LogP contribution < -0.4 is 15.4 Å². The molecule has 1 saturated heterocycles. The molecule has 1 aromatic carbocycles. The lowest BCUT2D eigenvalue weighted by atomic mass is 9.85. The average molecular weight is 362 g/mol. The zero-order chi connectivity index (χ0) is 18.8. The number of amides is 1. The topological polar surface area (TPSA) is 53.6 Å². The second-order valence-electron chi connectivity index (χ2n) is 7.24. The number of hydrogen-bond acceptors (Lipinski definition) is 4. The molecule has 1 aliphatic rings. The maximum Gasteiger partial charge on any atom is 0.224 e. The number of nitrogens with one attached hydrogen (secondary N) is 2. The molecule has 1 amide bonds. The van der Waals surface area contributed by atoms with Crippen LogP contribution in [0.3, 0.4) is 0 Å². The Morgan fingerprint density at radius 2 is 2.04 bits per heavy atom. The number of piperidine rings is 1. The summed E-state index contributed by atoms with van der Waals surface area (Å²) in [4.78, 5) is 14.6. The summed E-state index contributed by atoms with van der Waals surface area (Å²) in [5, 5.41) is 6.44. The normalized spacial score (nSPS) is 18.5. The quantitative estimate of drug-likeness (QED) is 0.671. The van der Waals surface area contributed by atoms with Gasteiger partial charge in [-0.2, -0.15) is 0 Å². The Hall–Kier alpha value is -1.59. The van der Waals surface area contributed by atoms with E-state index in [1.807, 2.05) is 24.3 Å². The lowest BCUT2D eigenvalue weighted by molar-refractivity contribution is -0.117. The van der Waals surface area contributed by atoms with E-state index in [0.29, 0.717) is 24.9 Å². The van der Waals surface area contributed by atoms with Crippen molar-refractivity contribution in [1.29, 1.82) is 0 Å². The molecule has 1 aliphatic heterocycles. The van der Waals surface area contributed by atoms with Crippen LogP contribution in [0.25, 0.3) is 0 Å². The predicted octanol–water partition coefficient (Wildman–Crippen LogP) is 3.37. The van der Waals surface area contributed by atoms with Crippen molar-refractivity contribution in [1.82, 2.24) is 10.2 Å². The largest absolute Gasteiger partial charge is 0.492 e. The fraction of sp³-hybridized carbons (Fsp3) is 0.667. The van der Waals surface area contributed by atoms with Crippen molar-refractivity contribution in [3.63, 3.8) is 0 Å². The first-order valence-electron chi connectivity index (χ1n) is 10.1. The van der Waals surface area contributed by atoms with Crippen LogP contribution >= 0.6 is 0 Å². The molecule has 0 spiro atoms. The second-order valence-corrected chi connectivity index (χ2v) is 7.24. The molecule has 0 aromatic heterocycles. The summed E-state index contributed by atoms with van der Waals surface area (Å²) in [6.07, 6.45) is 3.02. The molecule has 2 unspecified atom stereocenters. The van der Waals surface area contributed by atoms with Gasteiger partial charge < -0.3 is 20.3 Å². The summed E-state index contributed by atoms with van der Waals surface area (Å²) in [5.74, 6) is 1.96. The minimum atomic E-state index is 0.0956. The molecule has 1 aromatic rings. The first kappa shape index (κ1) is 20.7. The fourth-order valence-corrected chi connectivity index (χ4v) is 3.50. The number of rotatable bonds is 10. The van der Waals surface area contributed by atoms with E-state index in [1.165, 1.54) is 12.8 Å². The molecule has 1 fully saturated rings. The Bertz CT molecular complexity index is 523. The van der Waals surface area contributed by atoms with Gasteiger partial charge in [-0.15, -0.1) is 0 Å². The van der Waals surface area contributed by atoms with Gasteiger partial charge in [-0.25, -0.2) is 0 Å². The van der Waals surface area contributed by atoms with Gasteiger partial charge in [0.15, 0.2) is 0 Å². The zero-order valence-corrected chi connectivity index (χ0v) is 16.6.